The molecule has 2 aromatic rings. The third-order valence-corrected chi connectivity index (χ3v) is 3.23. The first-order valence-corrected chi connectivity index (χ1v) is 5.81. The normalized spacial score (nSPS) is 9.89. The van der Waals surface area contributed by atoms with Crippen LogP contribution in [0.25, 0.3) is 11.1 Å². The van der Waals surface area contributed by atoms with Gasteiger partial charge in [0.05, 0.1) is 22.7 Å². The van der Waals surface area contributed by atoms with Crippen LogP contribution in [-0.2, 0) is 0 Å². The fraction of sp³-hybridized carbons (Fsp3) is 0.0769. The molecule has 0 saturated carbocycles. The highest BCUT2D eigenvalue weighted by atomic mass is 35.5. The molecule has 0 bridgehead atoms. The van der Waals surface area contributed by atoms with E-state index in [1.54, 1.807) is 24.3 Å². The predicted molar refractivity (Wildman–Crippen MR) is 71.0 cm³/mol. The Bertz CT molecular complexity index is 635. The minimum atomic E-state index is 0.401. The van der Waals surface area contributed by atoms with Gasteiger partial charge in [-0.15, -0.1) is 0 Å². The van der Waals surface area contributed by atoms with Gasteiger partial charge in [0.2, 0.25) is 5.88 Å². The van der Waals surface area contributed by atoms with Crippen molar-refractivity contribution in [1.29, 1.82) is 5.26 Å². The van der Waals surface area contributed by atoms with E-state index >= 15 is 0 Å². The Hall–Kier alpha value is -1.76. The van der Waals surface area contributed by atoms with Crippen molar-refractivity contribution >= 4 is 23.2 Å². The van der Waals surface area contributed by atoms with Gasteiger partial charge in [-0.25, -0.2) is 4.98 Å². The van der Waals surface area contributed by atoms with Crippen molar-refractivity contribution in [2.45, 2.75) is 0 Å². The lowest BCUT2D eigenvalue weighted by atomic mass is 10.1. The zero-order valence-corrected chi connectivity index (χ0v) is 11.0. The monoisotopic (exact) mass is 278 g/mol. The van der Waals surface area contributed by atoms with E-state index in [-0.39, 0.29) is 0 Å². The highest BCUT2D eigenvalue weighted by Gasteiger charge is 2.13. The summed E-state index contributed by atoms with van der Waals surface area (Å²) in [5, 5.41) is 9.76. The van der Waals surface area contributed by atoms with Crippen LogP contribution >= 0.6 is 23.2 Å². The van der Waals surface area contributed by atoms with Crippen LogP contribution in [0.2, 0.25) is 10.0 Å². The lowest BCUT2D eigenvalue weighted by molar-refractivity contribution is 0.399. The third-order valence-electron chi connectivity index (χ3n) is 2.42. The van der Waals surface area contributed by atoms with Gasteiger partial charge in [0.15, 0.2) is 0 Å². The predicted octanol–water partition coefficient (Wildman–Crippen LogP) is 3.94. The molecule has 90 valence electrons. The molecule has 1 heterocycles. The molecule has 1 aromatic heterocycles. The highest BCUT2D eigenvalue weighted by Crippen LogP contribution is 2.37. The first kappa shape index (κ1) is 12.7. The number of pyridine rings is 1. The summed E-state index contributed by atoms with van der Waals surface area (Å²) >= 11 is 12.1. The summed E-state index contributed by atoms with van der Waals surface area (Å²) in [5.41, 5.74) is 1.76. The zero-order valence-electron chi connectivity index (χ0n) is 9.45. The highest BCUT2D eigenvalue weighted by molar-refractivity contribution is 6.43. The number of aromatic nitrogens is 1. The SMILES string of the molecule is COc1ncc(C#N)cc1-c1cccc(Cl)c1Cl. The molecular weight excluding hydrogens is 271 g/mol. The molecule has 0 radical (unpaired) electrons. The number of nitrogens with zero attached hydrogens (tertiary/aromatic N) is 2. The van der Waals surface area contributed by atoms with Crippen molar-refractivity contribution in [2.24, 2.45) is 0 Å². The molecule has 0 aliphatic heterocycles. The summed E-state index contributed by atoms with van der Waals surface area (Å²) in [6.07, 6.45) is 1.45. The van der Waals surface area contributed by atoms with Gasteiger partial charge in [0, 0.05) is 17.3 Å². The van der Waals surface area contributed by atoms with Crippen LogP contribution in [-0.4, -0.2) is 12.1 Å². The molecule has 3 nitrogen and oxygen atoms in total. The molecule has 0 unspecified atom stereocenters. The summed E-state index contributed by atoms with van der Waals surface area (Å²) < 4.78 is 5.17. The van der Waals surface area contributed by atoms with Crippen molar-refractivity contribution in [3.8, 4) is 23.1 Å². The molecule has 0 fully saturated rings. The van der Waals surface area contributed by atoms with Crippen LogP contribution < -0.4 is 4.74 Å². The van der Waals surface area contributed by atoms with Gasteiger partial charge in [-0.05, 0) is 12.1 Å². The maximum atomic E-state index is 8.91. The lowest BCUT2D eigenvalue weighted by Gasteiger charge is -2.10. The molecule has 1 aromatic carbocycles. The van der Waals surface area contributed by atoms with Gasteiger partial charge in [-0.1, -0.05) is 35.3 Å². The first-order chi connectivity index (χ1) is 8.67. The van der Waals surface area contributed by atoms with Gasteiger partial charge < -0.3 is 4.74 Å². The van der Waals surface area contributed by atoms with Gasteiger partial charge in [-0.2, -0.15) is 5.26 Å². The number of ether oxygens (including phenoxy) is 1. The second-order valence-electron chi connectivity index (χ2n) is 3.49. The number of benzene rings is 1. The van der Waals surface area contributed by atoms with E-state index in [9.17, 15) is 0 Å². The maximum Gasteiger partial charge on any atom is 0.221 e. The molecule has 0 atom stereocenters. The van der Waals surface area contributed by atoms with Crippen LogP contribution in [0.15, 0.2) is 30.5 Å². The van der Waals surface area contributed by atoms with Crippen molar-refractivity contribution in [2.75, 3.05) is 7.11 Å². The fourth-order valence-electron chi connectivity index (χ4n) is 1.58. The van der Waals surface area contributed by atoms with Gasteiger partial charge in [0.1, 0.15) is 6.07 Å². The molecule has 0 aliphatic rings. The van der Waals surface area contributed by atoms with Crippen molar-refractivity contribution in [3.05, 3.63) is 46.1 Å². The Morgan fingerprint density at radius 3 is 2.72 bits per heavy atom. The van der Waals surface area contributed by atoms with Gasteiger partial charge >= 0.3 is 0 Å². The second-order valence-corrected chi connectivity index (χ2v) is 4.28. The minimum Gasteiger partial charge on any atom is -0.481 e. The Balaban J connectivity index is 2.69. The van der Waals surface area contributed by atoms with Crippen molar-refractivity contribution in [1.82, 2.24) is 4.98 Å². The third kappa shape index (κ3) is 2.26. The molecule has 0 aliphatic carbocycles. The standard InChI is InChI=1S/C13H8Cl2N2O/c1-18-13-10(5-8(6-16)7-17-13)9-3-2-4-11(14)12(9)15/h2-5,7H,1H3. The van der Waals surface area contributed by atoms with Crippen LogP contribution in [0.1, 0.15) is 5.56 Å². The number of rotatable bonds is 2. The molecule has 18 heavy (non-hydrogen) atoms. The summed E-state index contributed by atoms with van der Waals surface area (Å²) in [4.78, 5) is 4.07. The Morgan fingerprint density at radius 2 is 2.06 bits per heavy atom. The molecule has 2 rings (SSSR count). The van der Waals surface area contributed by atoms with E-state index in [4.69, 9.17) is 33.2 Å². The van der Waals surface area contributed by atoms with E-state index in [2.05, 4.69) is 4.98 Å². The summed E-state index contributed by atoms with van der Waals surface area (Å²) in [7, 11) is 1.51. The van der Waals surface area contributed by atoms with Crippen LogP contribution in [0.5, 0.6) is 5.88 Å². The number of hydrogen-bond donors (Lipinski definition) is 0. The molecule has 5 heteroatoms. The van der Waals surface area contributed by atoms with Crippen molar-refractivity contribution < 1.29 is 4.74 Å². The van der Waals surface area contributed by atoms with Crippen molar-refractivity contribution in [3.63, 3.8) is 0 Å². The Labute approximate surface area is 115 Å². The topological polar surface area (TPSA) is 45.9 Å². The molecular formula is C13H8Cl2N2O. The first-order valence-electron chi connectivity index (χ1n) is 5.06. The number of nitriles is 1. The van der Waals surface area contributed by atoms with E-state index in [1.807, 2.05) is 6.07 Å². The molecule has 0 saturated heterocycles. The van der Waals surface area contributed by atoms with Gasteiger partial charge in [-0.3, -0.25) is 0 Å². The summed E-state index contributed by atoms with van der Waals surface area (Å²) in [5.74, 6) is 0.401. The number of halogens is 2. The molecule has 0 N–H and O–H groups in total. The summed E-state index contributed by atoms with van der Waals surface area (Å²) in [6, 6.07) is 8.97. The average molecular weight is 279 g/mol. The van der Waals surface area contributed by atoms with Crippen LogP contribution in [0.3, 0.4) is 0 Å². The van der Waals surface area contributed by atoms with E-state index in [0.717, 1.165) is 0 Å². The fourth-order valence-corrected chi connectivity index (χ4v) is 1.98. The number of hydrogen-bond acceptors (Lipinski definition) is 3. The summed E-state index contributed by atoms with van der Waals surface area (Å²) in [6.45, 7) is 0. The lowest BCUT2D eigenvalue weighted by Crippen LogP contribution is -1.93. The zero-order chi connectivity index (χ0) is 13.1. The average Bonchev–Trinajstić information content (AvgIpc) is 2.41. The second kappa shape index (κ2) is 5.26. The van der Waals surface area contributed by atoms with Gasteiger partial charge in [0.25, 0.3) is 0 Å². The smallest absolute Gasteiger partial charge is 0.221 e. The minimum absolute atomic E-state index is 0.401. The van der Waals surface area contributed by atoms with E-state index in [1.165, 1.54) is 13.3 Å². The molecule has 0 spiro atoms. The van der Waals surface area contributed by atoms with Crippen LogP contribution in [0.4, 0.5) is 0 Å². The Morgan fingerprint density at radius 1 is 1.28 bits per heavy atom. The molecule has 0 amide bonds. The van der Waals surface area contributed by atoms with E-state index in [0.29, 0.717) is 32.6 Å². The number of methoxy groups -OCH3 is 1. The van der Waals surface area contributed by atoms with Crippen LogP contribution in [0, 0.1) is 11.3 Å². The maximum absolute atomic E-state index is 8.91. The van der Waals surface area contributed by atoms with E-state index < -0.39 is 0 Å². The quantitative estimate of drug-likeness (QED) is 0.836. The Kier molecular flexibility index (Phi) is 3.71. The largest absolute Gasteiger partial charge is 0.481 e.